The van der Waals surface area contributed by atoms with Gasteiger partial charge in [0.05, 0.1) is 40.9 Å². The molecule has 576 valence electrons. The molecular formula is C104H52N12S8. The van der Waals surface area contributed by atoms with Crippen molar-refractivity contribution in [2.75, 3.05) is 0 Å². The second-order valence-corrected chi connectivity index (χ2v) is 40.0. The number of rotatable bonds is 0. The van der Waals surface area contributed by atoms with Crippen LogP contribution in [0.25, 0.3) is 271 Å². The molecule has 0 spiro atoms. The third kappa shape index (κ3) is 9.30. The second kappa shape index (κ2) is 25.7. The summed E-state index contributed by atoms with van der Waals surface area (Å²) in [6.45, 7) is 0. The van der Waals surface area contributed by atoms with E-state index < -0.39 is 0 Å². The largest absolute Gasteiger partial charge is 0.298 e. The van der Waals surface area contributed by atoms with Gasteiger partial charge in [-0.1, -0.05) is 140 Å². The fourth-order valence-corrected chi connectivity index (χ4v) is 30.4. The molecule has 0 aliphatic heterocycles. The van der Waals surface area contributed by atoms with Crippen molar-refractivity contribution in [1.82, 2.24) is 57.5 Å². The van der Waals surface area contributed by atoms with E-state index in [1.54, 1.807) is 0 Å². The van der Waals surface area contributed by atoms with Gasteiger partial charge in [-0.3, -0.25) is 37.5 Å². The molecule has 0 fully saturated rings. The number of benzene rings is 12. The second-order valence-electron chi connectivity index (χ2n) is 31.5. The summed E-state index contributed by atoms with van der Waals surface area (Å²) >= 11 is 15.1. The molecule has 32 rings (SSSR count). The highest BCUT2D eigenvalue weighted by Gasteiger charge is 2.28. The lowest BCUT2D eigenvalue weighted by atomic mass is 9.99. The van der Waals surface area contributed by atoms with E-state index in [9.17, 15) is 0 Å². The fraction of sp³-hybridized carbons (Fsp3) is 0. The van der Waals surface area contributed by atoms with Crippen molar-refractivity contribution < 1.29 is 0 Å². The average Bonchev–Trinajstić information content (AvgIpc) is 1.52. The number of thiophene rings is 8. The Bertz CT molecular complexity index is 10400. The molecule has 12 aromatic carbocycles. The van der Waals surface area contributed by atoms with Gasteiger partial charge in [0.1, 0.15) is 22.6 Å². The molecule has 0 radical (unpaired) electrons. The Balaban J connectivity index is 0.0000000828. The van der Waals surface area contributed by atoms with Crippen LogP contribution in [-0.2, 0) is 0 Å². The molecule has 20 aromatic heterocycles. The molecule has 0 unspecified atom stereocenters. The predicted octanol–water partition coefficient (Wildman–Crippen LogP) is 31.1. The maximum absolute atomic E-state index is 4.73. The summed E-state index contributed by atoms with van der Waals surface area (Å²) in [5, 5.41) is 35.8. The van der Waals surface area contributed by atoms with Crippen LogP contribution in [0.1, 0.15) is 0 Å². The van der Waals surface area contributed by atoms with Crippen molar-refractivity contribution in [1.29, 1.82) is 0 Å². The molecule has 0 aliphatic rings. The molecule has 12 nitrogen and oxygen atoms in total. The van der Waals surface area contributed by atoms with Crippen LogP contribution in [0.2, 0.25) is 0 Å². The van der Waals surface area contributed by atoms with Gasteiger partial charge in [0, 0.05) is 306 Å². The van der Waals surface area contributed by atoms with E-state index in [0.29, 0.717) is 0 Å². The monoisotopic (exact) mass is 1720 g/mol. The zero-order valence-corrected chi connectivity index (χ0v) is 71.2. The maximum atomic E-state index is 4.73. The van der Waals surface area contributed by atoms with Gasteiger partial charge in [-0.05, 0) is 78.9 Å². The van der Waals surface area contributed by atoms with Crippen molar-refractivity contribution in [2.24, 2.45) is 0 Å². The van der Waals surface area contributed by atoms with Crippen LogP contribution in [0, 0.1) is 0 Å². The SMILES string of the molecule is c1ccc2c(c1)sc1c2c2c3ccccc3sc2c2c1c1cnccc1c1nccn12.c1ccc2c(c1)sc1c2c2sc3ccccc3c2c2c3cnccc3c3nccn3c12.c1ccc2c(c1)sc1c2ccc2sc3c(ccc4c5cnccc5c5nccn5c43)c21.c1ccc2c(c1)sc1ccc3sc4c(ccc5c6cnccc6c6nccn6c54)c3c12. The third-order valence-corrected chi connectivity index (χ3v) is 34.8. The molecule has 0 bridgehead atoms. The summed E-state index contributed by atoms with van der Waals surface area (Å²) < 4.78 is 30.4. The maximum Gasteiger partial charge on any atom is 0.145 e. The summed E-state index contributed by atoms with van der Waals surface area (Å²) in [6.07, 6.45) is 31.3. The number of aromatic nitrogens is 12. The molecular weight excluding hydrogens is 1670 g/mol. The van der Waals surface area contributed by atoms with Crippen molar-refractivity contribution in [3.63, 3.8) is 0 Å². The average molecular weight is 1730 g/mol. The lowest BCUT2D eigenvalue weighted by Gasteiger charge is -2.11. The lowest BCUT2D eigenvalue weighted by Crippen LogP contribution is -1.92. The third-order valence-electron chi connectivity index (χ3n) is 25.4. The standard InChI is InChI=1S/4C26H13N3S2/c1-3-7-18-15(5-1)21-20-17-13-27-10-9-14(17)26-28-11-12-29(26)23(20)25-22(24(21)30-18)16-6-2-4-8-19(16)31-25;1-3-7-18-15(5-1)20-21-16-6-2-4-8-19(16)31-25(21)23-22(24(20)30-18)17-13-27-10-9-14(17)26-28-11-12-29(23)26;1-2-4-19-16(3-1)22-20(30-19)7-8-21-23(22)17-6-5-14-18-13-27-10-9-15(18)26-28-11-12-29(26)24(14)25(17)31-21;1-2-4-20-14(3-1)16-7-8-21-22(24(16)30-20)18-6-5-15-19-13-27-10-9-17(19)26-28-11-12-29(26)23(15)25(18)31-21/h4*1-13H. The van der Waals surface area contributed by atoms with E-state index in [1.165, 1.54) is 216 Å². The van der Waals surface area contributed by atoms with Gasteiger partial charge in [0.2, 0.25) is 0 Å². The molecule has 0 N–H and O–H groups in total. The number of pyridine rings is 8. The fourth-order valence-electron chi connectivity index (χ4n) is 20.3. The molecule has 32 aromatic rings. The normalized spacial score (nSPS) is 12.5. The summed E-state index contributed by atoms with van der Waals surface area (Å²) in [5.41, 5.74) is 8.87. The highest BCUT2D eigenvalue weighted by molar-refractivity contribution is 7.32. The minimum absolute atomic E-state index is 0.987. The quantitative estimate of drug-likeness (QED) is 0.138. The first-order valence-electron chi connectivity index (χ1n) is 40.7. The summed E-state index contributed by atoms with van der Waals surface area (Å²) in [6, 6.07) is 79.2. The Morgan fingerprint density at radius 1 is 0.161 bits per heavy atom. The van der Waals surface area contributed by atoms with Gasteiger partial charge < -0.3 is 0 Å². The van der Waals surface area contributed by atoms with E-state index in [2.05, 4.69) is 291 Å². The molecule has 0 aliphatic carbocycles. The minimum atomic E-state index is 0.987. The smallest absolute Gasteiger partial charge is 0.145 e. The summed E-state index contributed by atoms with van der Waals surface area (Å²) in [7, 11) is 0. The van der Waals surface area contributed by atoms with Gasteiger partial charge in [0.15, 0.2) is 0 Å². The summed E-state index contributed by atoms with van der Waals surface area (Å²) in [4.78, 5) is 36.7. The Morgan fingerprint density at radius 2 is 0.468 bits per heavy atom. The van der Waals surface area contributed by atoms with Gasteiger partial charge in [-0.15, -0.1) is 90.7 Å². The zero-order valence-electron chi connectivity index (χ0n) is 64.7. The zero-order chi connectivity index (χ0) is 80.4. The number of nitrogens with zero attached hydrogens (tertiary/aromatic N) is 12. The van der Waals surface area contributed by atoms with Crippen LogP contribution in [0.15, 0.2) is 318 Å². The number of imidazole rings is 4. The number of hydrogen-bond acceptors (Lipinski definition) is 16. The first-order valence-corrected chi connectivity index (χ1v) is 47.2. The van der Waals surface area contributed by atoms with E-state index in [-0.39, 0.29) is 0 Å². The highest BCUT2D eigenvalue weighted by Crippen LogP contribution is 2.56. The first kappa shape index (κ1) is 68.5. The van der Waals surface area contributed by atoms with Crippen molar-refractivity contribution >= 4 is 361 Å². The Hall–Kier alpha value is -14.2. The lowest BCUT2D eigenvalue weighted by molar-refractivity contribution is 1.28. The first-order chi connectivity index (χ1) is 61.6. The minimum Gasteiger partial charge on any atom is -0.298 e. The van der Waals surface area contributed by atoms with E-state index in [4.69, 9.17) is 9.97 Å². The topological polar surface area (TPSA) is 121 Å². The Kier molecular flexibility index (Phi) is 14.2. The van der Waals surface area contributed by atoms with Crippen LogP contribution in [-0.4, -0.2) is 57.5 Å². The van der Waals surface area contributed by atoms with Gasteiger partial charge in [-0.2, -0.15) is 0 Å². The molecule has 0 saturated heterocycles. The van der Waals surface area contributed by atoms with E-state index in [0.717, 1.165) is 54.9 Å². The van der Waals surface area contributed by atoms with E-state index >= 15 is 0 Å². The Labute approximate surface area is 729 Å². The van der Waals surface area contributed by atoms with Crippen molar-refractivity contribution in [3.05, 3.63) is 318 Å². The molecule has 20 heterocycles. The molecule has 0 atom stereocenters. The van der Waals surface area contributed by atoms with Crippen molar-refractivity contribution in [3.8, 4) is 0 Å². The van der Waals surface area contributed by atoms with Crippen LogP contribution in [0.5, 0.6) is 0 Å². The van der Waals surface area contributed by atoms with E-state index in [1.807, 2.05) is 165 Å². The van der Waals surface area contributed by atoms with Crippen LogP contribution in [0.3, 0.4) is 0 Å². The summed E-state index contributed by atoms with van der Waals surface area (Å²) in [5.74, 6) is 0. The van der Waals surface area contributed by atoms with Gasteiger partial charge in [0.25, 0.3) is 0 Å². The Morgan fingerprint density at radius 3 is 0.976 bits per heavy atom. The van der Waals surface area contributed by atoms with Crippen LogP contribution in [0.4, 0.5) is 0 Å². The van der Waals surface area contributed by atoms with Gasteiger partial charge in [-0.25, -0.2) is 19.9 Å². The van der Waals surface area contributed by atoms with Crippen LogP contribution >= 0.6 is 90.7 Å². The molecule has 20 heteroatoms. The molecule has 0 amide bonds. The van der Waals surface area contributed by atoms with Crippen LogP contribution < -0.4 is 0 Å². The number of hydrogen-bond donors (Lipinski definition) is 0. The predicted molar refractivity (Wildman–Crippen MR) is 535 cm³/mol. The highest BCUT2D eigenvalue weighted by atomic mass is 32.1. The molecule has 0 saturated carbocycles. The molecule has 124 heavy (non-hydrogen) atoms. The van der Waals surface area contributed by atoms with Crippen molar-refractivity contribution in [2.45, 2.75) is 0 Å². The van der Waals surface area contributed by atoms with Gasteiger partial charge >= 0.3 is 0 Å². The number of fused-ring (bicyclic) bond motifs is 58.